The molecule has 0 unspecified atom stereocenters. The van der Waals surface area contributed by atoms with Gasteiger partial charge < -0.3 is 4.40 Å². The van der Waals surface area contributed by atoms with Gasteiger partial charge in [0.15, 0.2) is 9.84 Å². The van der Waals surface area contributed by atoms with E-state index in [0.717, 1.165) is 23.7 Å². The number of nitrogens with zero attached hydrogens (tertiary/aromatic N) is 2. The molecule has 0 aliphatic heterocycles. The van der Waals surface area contributed by atoms with Gasteiger partial charge in [-0.05, 0) is 30.3 Å². The van der Waals surface area contributed by atoms with Crippen LogP contribution in [0.2, 0.25) is 0 Å². The summed E-state index contributed by atoms with van der Waals surface area (Å²) in [6.45, 7) is 0.162. The number of nitrogens with one attached hydrogen (secondary N) is 1. The summed E-state index contributed by atoms with van der Waals surface area (Å²) in [6.07, 6.45) is 5.17. The second-order valence-electron chi connectivity index (χ2n) is 5.59. The molecule has 0 bridgehead atoms. The van der Waals surface area contributed by atoms with Crippen molar-refractivity contribution in [2.45, 2.75) is 16.2 Å². The number of sulfonamides is 1. The molecular weight excluding hydrogens is 362 g/mol. The summed E-state index contributed by atoms with van der Waals surface area (Å²) < 4.78 is 52.2. The molecule has 0 atom stereocenters. The van der Waals surface area contributed by atoms with Gasteiger partial charge in [0, 0.05) is 31.6 Å². The van der Waals surface area contributed by atoms with Crippen molar-refractivity contribution in [2.75, 3.05) is 12.8 Å². The number of aromatic nitrogens is 2. The number of fused-ring (bicyclic) bond motifs is 1. The second-order valence-corrected chi connectivity index (χ2v) is 9.38. The summed E-state index contributed by atoms with van der Waals surface area (Å²) >= 11 is 0. The molecule has 3 rings (SSSR count). The van der Waals surface area contributed by atoms with Gasteiger partial charge in [-0.25, -0.2) is 26.5 Å². The van der Waals surface area contributed by atoms with E-state index >= 15 is 0 Å². The van der Waals surface area contributed by atoms with Crippen molar-refractivity contribution < 1.29 is 16.8 Å². The van der Waals surface area contributed by atoms with Crippen molar-refractivity contribution >= 4 is 25.5 Å². The predicted molar refractivity (Wildman–Crippen MR) is 93.6 cm³/mol. The van der Waals surface area contributed by atoms with E-state index in [1.54, 1.807) is 0 Å². The van der Waals surface area contributed by atoms with E-state index in [1.807, 2.05) is 35.0 Å². The molecule has 25 heavy (non-hydrogen) atoms. The van der Waals surface area contributed by atoms with Gasteiger partial charge in [0.2, 0.25) is 10.0 Å². The highest BCUT2D eigenvalue weighted by atomic mass is 32.2. The predicted octanol–water partition coefficient (Wildman–Crippen LogP) is 1.26. The van der Waals surface area contributed by atoms with E-state index in [4.69, 9.17) is 0 Å². The van der Waals surface area contributed by atoms with Gasteiger partial charge in [-0.3, -0.25) is 0 Å². The molecule has 0 spiro atoms. The Bertz CT molecular complexity index is 1090. The van der Waals surface area contributed by atoms with Gasteiger partial charge >= 0.3 is 0 Å². The van der Waals surface area contributed by atoms with Crippen LogP contribution in [0.1, 0.15) is 5.69 Å². The number of hydrogen-bond donors (Lipinski definition) is 1. The molecule has 132 valence electrons. The molecule has 3 aromatic rings. The first-order chi connectivity index (χ1) is 11.8. The Hall–Kier alpha value is -2.23. The zero-order chi connectivity index (χ0) is 18.1. The topological polar surface area (TPSA) is 97.6 Å². The van der Waals surface area contributed by atoms with Crippen LogP contribution in [0, 0.1) is 0 Å². The van der Waals surface area contributed by atoms with Gasteiger partial charge in [0.05, 0.1) is 15.5 Å². The number of imidazole rings is 1. The summed E-state index contributed by atoms with van der Waals surface area (Å²) in [4.78, 5) is 4.29. The zero-order valence-electron chi connectivity index (χ0n) is 13.5. The SMILES string of the molecule is CS(=O)(=O)c1cccc(S(=O)(=O)NCCc2cn3ccccc3n2)c1. The maximum atomic E-state index is 12.3. The van der Waals surface area contributed by atoms with E-state index in [0.29, 0.717) is 6.42 Å². The van der Waals surface area contributed by atoms with E-state index in [1.165, 1.54) is 18.2 Å². The summed E-state index contributed by atoms with van der Waals surface area (Å²) in [5.41, 5.74) is 1.56. The molecule has 1 N–H and O–H groups in total. The monoisotopic (exact) mass is 379 g/mol. The van der Waals surface area contributed by atoms with Crippen LogP contribution in [0.15, 0.2) is 64.6 Å². The number of rotatable bonds is 6. The summed E-state index contributed by atoms with van der Waals surface area (Å²) in [5, 5.41) is 0. The van der Waals surface area contributed by atoms with Crippen molar-refractivity contribution in [1.82, 2.24) is 14.1 Å². The molecule has 0 saturated carbocycles. The van der Waals surface area contributed by atoms with Crippen molar-refractivity contribution in [3.8, 4) is 0 Å². The van der Waals surface area contributed by atoms with E-state index < -0.39 is 19.9 Å². The molecule has 0 fully saturated rings. The Balaban J connectivity index is 1.71. The third-order valence-electron chi connectivity index (χ3n) is 3.63. The fraction of sp³-hybridized carbons (Fsp3) is 0.188. The first kappa shape index (κ1) is 17.6. The first-order valence-electron chi connectivity index (χ1n) is 7.48. The lowest BCUT2D eigenvalue weighted by Gasteiger charge is -2.07. The van der Waals surface area contributed by atoms with Crippen molar-refractivity contribution in [3.63, 3.8) is 0 Å². The maximum Gasteiger partial charge on any atom is 0.240 e. The minimum atomic E-state index is -3.79. The standard InChI is InChI=1S/C16H17N3O4S2/c1-24(20,21)14-5-4-6-15(11-14)25(22,23)17-9-8-13-12-19-10-3-2-7-16(19)18-13/h2-7,10-12,17H,8-9H2,1H3. The maximum absolute atomic E-state index is 12.3. The number of sulfone groups is 1. The summed E-state index contributed by atoms with van der Waals surface area (Å²) in [6, 6.07) is 10.9. The first-order valence-corrected chi connectivity index (χ1v) is 10.9. The van der Waals surface area contributed by atoms with Crippen LogP contribution in [0.3, 0.4) is 0 Å². The van der Waals surface area contributed by atoms with Crippen molar-refractivity contribution in [2.24, 2.45) is 0 Å². The third-order valence-corrected chi connectivity index (χ3v) is 6.20. The van der Waals surface area contributed by atoms with Gasteiger partial charge in [-0.15, -0.1) is 0 Å². The fourth-order valence-corrected chi connectivity index (χ4v) is 4.20. The van der Waals surface area contributed by atoms with Gasteiger partial charge in [-0.2, -0.15) is 0 Å². The molecule has 9 heteroatoms. The Kier molecular flexibility index (Phi) is 4.63. The minimum Gasteiger partial charge on any atom is -0.307 e. The molecule has 7 nitrogen and oxygen atoms in total. The number of benzene rings is 1. The van der Waals surface area contributed by atoms with Gasteiger partial charge in [0.25, 0.3) is 0 Å². The third kappa shape index (κ3) is 4.06. The molecule has 0 radical (unpaired) electrons. The highest BCUT2D eigenvalue weighted by molar-refractivity contribution is 7.91. The van der Waals surface area contributed by atoms with Gasteiger partial charge in [0.1, 0.15) is 5.65 Å². The molecular formula is C16H17N3O4S2. The molecule has 2 aromatic heterocycles. The van der Waals surface area contributed by atoms with Crippen LogP contribution in [0.25, 0.3) is 5.65 Å². The molecule has 1 aromatic carbocycles. The minimum absolute atomic E-state index is 0.0317. The van der Waals surface area contributed by atoms with Crippen LogP contribution in [-0.4, -0.2) is 39.0 Å². The van der Waals surface area contributed by atoms with Crippen molar-refractivity contribution in [3.05, 3.63) is 60.6 Å². The summed E-state index contributed by atoms with van der Waals surface area (Å²) in [7, 11) is -7.26. The van der Waals surface area contributed by atoms with E-state index in [-0.39, 0.29) is 16.3 Å². The molecule has 0 aliphatic carbocycles. The Morgan fingerprint density at radius 3 is 2.52 bits per heavy atom. The normalized spacial score (nSPS) is 12.5. The van der Waals surface area contributed by atoms with E-state index in [9.17, 15) is 16.8 Å². The van der Waals surface area contributed by atoms with Crippen LogP contribution >= 0.6 is 0 Å². The molecule has 0 saturated heterocycles. The Morgan fingerprint density at radius 2 is 1.80 bits per heavy atom. The van der Waals surface area contributed by atoms with Crippen LogP contribution < -0.4 is 4.72 Å². The highest BCUT2D eigenvalue weighted by Crippen LogP contribution is 2.15. The highest BCUT2D eigenvalue weighted by Gasteiger charge is 2.17. The molecule has 2 heterocycles. The van der Waals surface area contributed by atoms with E-state index in [2.05, 4.69) is 9.71 Å². The lowest BCUT2D eigenvalue weighted by molar-refractivity contribution is 0.581. The molecule has 0 amide bonds. The average molecular weight is 379 g/mol. The van der Waals surface area contributed by atoms with Crippen LogP contribution in [0.5, 0.6) is 0 Å². The lowest BCUT2D eigenvalue weighted by Crippen LogP contribution is -2.26. The summed E-state index contributed by atoms with van der Waals surface area (Å²) in [5.74, 6) is 0. The molecule has 0 aliphatic rings. The Morgan fingerprint density at radius 1 is 1.04 bits per heavy atom. The number of pyridine rings is 1. The zero-order valence-corrected chi connectivity index (χ0v) is 15.1. The van der Waals surface area contributed by atoms with Crippen molar-refractivity contribution in [1.29, 1.82) is 0 Å². The largest absolute Gasteiger partial charge is 0.307 e. The van der Waals surface area contributed by atoms with Gasteiger partial charge in [-0.1, -0.05) is 12.1 Å². The smallest absolute Gasteiger partial charge is 0.240 e. The fourth-order valence-electron chi connectivity index (χ4n) is 2.38. The second kappa shape index (κ2) is 6.58. The Labute approximate surface area is 146 Å². The van der Waals surface area contributed by atoms with Crippen LogP contribution in [0.4, 0.5) is 0 Å². The quantitative estimate of drug-likeness (QED) is 0.695. The lowest BCUT2D eigenvalue weighted by atomic mass is 10.3. The van der Waals surface area contributed by atoms with Crippen LogP contribution in [-0.2, 0) is 26.3 Å². The number of hydrogen-bond acceptors (Lipinski definition) is 5. The average Bonchev–Trinajstić information content (AvgIpc) is 2.96.